The zero-order valence-corrected chi connectivity index (χ0v) is 9.17. The summed E-state index contributed by atoms with van der Waals surface area (Å²) in [4.78, 5) is 22.5. The minimum Gasteiger partial charge on any atom is -0.480 e. The molecule has 5 heteroatoms. The third-order valence-electron chi connectivity index (χ3n) is 2.78. The van der Waals surface area contributed by atoms with E-state index < -0.39 is 17.3 Å². The molecule has 3 N–H and O–H groups in total. The highest BCUT2D eigenvalue weighted by Crippen LogP contribution is 2.16. The first-order valence-electron chi connectivity index (χ1n) is 5.19. The molecule has 1 amide bonds. The molecule has 1 aliphatic rings. The fraction of sp³-hybridized carbons (Fsp3) is 0.800. The molecule has 1 rings (SSSR count). The highest BCUT2D eigenvalue weighted by Gasteiger charge is 2.36. The lowest BCUT2D eigenvalue weighted by atomic mass is 9.91. The van der Waals surface area contributed by atoms with Crippen molar-refractivity contribution in [3.05, 3.63) is 0 Å². The smallest absolute Gasteiger partial charge is 0.318 e. The van der Waals surface area contributed by atoms with Crippen LogP contribution in [0.1, 0.15) is 26.7 Å². The maximum absolute atomic E-state index is 11.7. The first-order chi connectivity index (χ1) is 6.94. The molecule has 0 aromatic rings. The van der Waals surface area contributed by atoms with Crippen molar-refractivity contribution in [1.82, 2.24) is 10.6 Å². The van der Waals surface area contributed by atoms with Crippen molar-refractivity contribution >= 4 is 11.9 Å². The number of carboxylic acids is 1. The zero-order chi connectivity index (χ0) is 11.5. The van der Waals surface area contributed by atoms with E-state index in [0.29, 0.717) is 0 Å². The van der Waals surface area contributed by atoms with Gasteiger partial charge in [-0.2, -0.15) is 0 Å². The fourth-order valence-electron chi connectivity index (χ4n) is 1.43. The fourth-order valence-corrected chi connectivity index (χ4v) is 1.43. The quantitative estimate of drug-likeness (QED) is 0.576. The van der Waals surface area contributed by atoms with Gasteiger partial charge in [0.1, 0.15) is 5.41 Å². The molecule has 0 unspecified atom stereocenters. The topological polar surface area (TPSA) is 78.4 Å². The molecular formula is C10H18N2O3. The van der Waals surface area contributed by atoms with Gasteiger partial charge in [0, 0.05) is 6.04 Å². The van der Waals surface area contributed by atoms with Crippen LogP contribution in [0, 0.1) is 5.41 Å². The molecule has 0 saturated carbocycles. The first-order valence-corrected chi connectivity index (χ1v) is 5.19. The molecule has 1 aliphatic heterocycles. The van der Waals surface area contributed by atoms with E-state index in [1.165, 1.54) is 13.8 Å². The maximum atomic E-state index is 11.7. The van der Waals surface area contributed by atoms with Gasteiger partial charge >= 0.3 is 5.97 Å². The Morgan fingerprint density at radius 1 is 1.33 bits per heavy atom. The second-order valence-electron chi connectivity index (χ2n) is 4.43. The number of amides is 1. The van der Waals surface area contributed by atoms with Crippen LogP contribution in [0.4, 0.5) is 0 Å². The molecule has 0 bridgehead atoms. The van der Waals surface area contributed by atoms with Crippen LogP contribution in [-0.2, 0) is 9.59 Å². The lowest BCUT2D eigenvalue weighted by molar-refractivity contribution is -0.153. The van der Waals surface area contributed by atoms with Gasteiger partial charge in [-0.3, -0.25) is 9.59 Å². The molecule has 0 radical (unpaired) electrons. The maximum Gasteiger partial charge on any atom is 0.318 e. The summed E-state index contributed by atoms with van der Waals surface area (Å²) in [6, 6.07) is 0.109. The molecule has 1 heterocycles. The standard InChI is InChI=1S/C10H18N2O3/c1-10(2,9(14)15)8(13)12-7-3-5-11-6-4-7/h7,11H,3-6H2,1-2H3,(H,12,13)(H,14,15). The average molecular weight is 214 g/mol. The summed E-state index contributed by atoms with van der Waals surface area (Å²) >= 11 is 0. The van der Waals surface area contributed by atoms with E-state index in [2.05, 4.69) is 10.6 Å². The predicted molar refractivity (Wildman–Crippen MR) is 55.5 cm³/mol. The minimum atomic E-state index is -1.34. The van der Waals surface area contributed by atoms with Crippen molar-refractivity contribution in [1.29, 1.82) is 0 Å². The van der Waals surface area contributed by atoms with Crippen LogP contribution < -0.4 is 10.6 Å². The summed E-state index contributed by atoms with van der Waals surface area (Å²) in [7, 11) is 0. The second-order valence-corrected chi connectivity index (χ2v) is 4.43. The van der Waals surface area contributed by atoms with Crippen molar-refractivity contribution in [2.24, 2.45) is 5.41 Å². The van der Waals surface area contributed by atoms with Gasteiger partial charge < -0.3 is 15.7 Å². The summed E-state index contributed by atoms with van der Waals surface area (Å²) in [5.74, 6) is -1.49. The van der Waals surface area contributed by atoms with Crippen LogP contribution >= 0.6 is 0 Å². The Morgan fingerprint density at radius 2 is 1.87 bits per heavy atom. The lowest BCUT2D eigenvalue weighted by Gasteiger charge is -2.27. The summed E-state index contributed by atoms with van der Waals surface area (Å²) in [5.41, 5.74) is -1.34. The summed E-state index contributed by atoms with van der Waals surface area (Å²) < 4.78 is 0. The Bertz CT molecular complexity index is 257. The van der Waals surface area contributed by atoms with Gasteiger partial charge in [0.15, 0.2) is 0 Å². The Morgan fingerprint density at radius 3 is 2.33 bits per heavy atom. The van der Waals surface area contributed by atoms with E-state index in [9.17, 15) is 9.59 Å². The second kappa shape index (κ2) is 4.61. The number of rotatable bonds is 3. The van der Waals surface area contributed by atoms with Crippen molar-refractivity contribution in [3.63, 3.8) is 0 Å². The third kappa shape index (κ3) is 2.92. The molecule has 5 nitrogen and oxygen atoms in total. The van der Waals surface area contributed by atoms with Gasteiger partial charge in [0.05, 0.1) is 0 Å². The molecule has 0 aliphatic carbocycles. The van der Waals surface area contributed by atoms with Gasteiger partial charge in [-0.15, -0.1) is 0 Å². The van der Waals surface area contributed by atoms with Crippen LogP contribution in [0.5, 0.6) is 0 Å². The normalized spacial score (nSPS) is 18.5. The van der Waals surface area contributed by atoms with Crippen LogP contribution in [0.15, 0.2) is 0 Å². The van der Waals surface area contributed by atoms with Crippen LogP contribution in [-0.4, -0.2) is 36.1 Å². The van der Waals surface area contributed by atoms with Crippen molar-refractivity contribution in [2.45, 2.75) is 32.7 Å². The number of carbonyl (C=O) groups is 2. The molecule has 0 aromatic heterocycles. The summed E-state index contributed by atoms with van der Waals surface area (Å²) in [6.07, 6.45) is 1.73. The number of aliphatic carboxylic acids is 1. The van der Waals surface area contributed by atoms with E-state index in [1.807, 2.05) is 0 Å². The number of nitrogens with one attached hydrogen (secondary N) is 2. The highest BCUT2D eigenvalue weighted by molar-refractivity contribution is 6.01. The Kier molecular flexibility index (Phi) is 3.68. The number of carbonyl (C=O) groups excluding carboxylic acids is 1. The first kappa shape index (κ1) is 12.0. The summed E-state index contributed by atoms with van der Waals surface area (Å²) in [5, 5.41) is 14.8. The van der Waals surface area contributed by atoms with E-state index in [1.54, 1.807) is 0 Å². The van der Waals surface area contributed by atoms with E-state index in [0.717, 1.165) is 25.9 Å². The number of hydrogen-bond acceptors (Lipinski definition) is 3. The van der Waals surface area contributed by atoms with Gasteiger partial charge in [-0.05, 0) is 39.8 Å². The zero-order valence-electron chi connectivity index (χ0n) is 9.17. The Balaban J connectivity index is 2.50. The van der Waals surface area contributed by atoms with Crippen molar-refractivity contribution in [2.75, 3.05) is 13.1 Å². The third-order valence-corrected chi connectivity index (χ3v) is 2.78. The molecule has 1 fully saturated rings. The molecule has 86 valence electrons. The van der Waals surface area contributed by atoms with Crippen LogP contribution in [0.25, 0.3) is 0 Å². The number of piperidine rings is 1. The summed E-state index contributed by atoms with van der Waals surface area (Å²) in [6.45, 7) is 4.59. The van der Waals surface area contributed by atoms with E-state index >= 15 is 0 Å². The molecule has 1 saturated heterocycles. The van der Waals surface area contributed by atoms with Gasteiger partial charge in [-0.1, -0.05) is 0 Å². The molecular weight excluding hydrogens is 196 g/mol. The SMILES string of the molecule is CC(C)(C(=O)O)C(=O)NC1CCNCC1. The Hall–Kier alpha value is -1.10. The molecule has 0 spiro atoms. The van der Waals surface area contributed by atoms with E-state index in [4.69, 9.17) is 5.11 Å². The minimum absolute atomic E-state index is 0.109. The van der Waals surface area contributed by atoms with Crippen LogP contribution in [0.2, 0.25) is 0 Å². The number of carboxylic acid groups (broad SMARTS) is 1. The largest absolute Gasteiger partial charge is 0.480 e. The molecule has 0 atom stereocenters. The molecule has 15 heavy (non-hydrogen) atoms. The van der Waals surface area contributed by atoms with E-state index in [-0.39, 0.29) is 6.04 Å². The Labute approximate surface area is 89.2 Å². The van der Waals surface area contributed by atoms with Crippen molar-refractivity contribution < 1.29 is 14.7 Å². The monoisotopic (exact) mass is 214 g/mol. The molecule has 0 aromatic carbocycles. The van der Waals surface area contributed by atoms with Gasteiger partial charge in [0.25, 0.3) is 0 Å². The lowest BCUT2D eigenvalue weighted by Crippen LogP contribution is -2.49. The van der Waals surface area contributed by atoms with Gasteiger partial charge in [0.2, 0.25) is 5.91 Å². The predicted octanol–water partition coefficient (Wildman–Crippen LogP) is -0.0346. The average Bonchev–Trinajstić information content (AvgIpc) is 2.18. The highest BCUT2D eigenvalue weighted by atomic mass is 16.4. The van der Waals surface area contributed by atoms with Crippen molar-refractivity contribution in [3.8, 4) is 0 Å². The van der Waals surface area contributed by atoms with Gasteiger partial charge in [-0.25, -0.2) is 0 Å². The number of hydrogen-bond donors (Lipinski definition) is 3. The van der Waals surface area contributed by atoms with Crippen LogP contribution in [0.3, 0.4) is 0 Å².